The van der Waals surface area contributed by atoms with E-state index in [4.69, 9.17) is 0 Å². The zero-order valence-electron chi connectivity index (χ0n) is 10.1. The Morgan fingerprint density at radius 3 is 2.68 bits per heavy atom. The number of carbonyl (C=O) groups is 1. The van der Waals surface area contributed by atoms with Crippen LogP contribution in [0.3, 0.4) is 0 Å². The molecule has 0 spiro atoms. The van der Waals surface area contributed by atoms with Crippen LogP contribution in [-0.4, -0.2) is 35.6 Å². The van der Waals surface area contributed by atoms with E-state index in [0.29, 0.717) is 11.6 Å². The molecule has 1 aromatic carbocycles. The molecule has 2 heterocycles. The summed E-state index contributed by atoms with van der Waals surface area (Å²) in [7, 11) is 0. The Bertz CT molecular complexity index is 701. The van der Waals surface area contributed by atoms with Crippen molar-refractivity contribution in [2.45, 2.75) is 6.92 Å². The quantitative estimate of drug-likeness (QED) is 0.655. The van der Waals surface area contributed by atoms with Gasteiger partial charge in [-0.2, -0.15) is 14.5 Å². The summed E-state index contributed by atoms with van der Waals surface area (Å²) in [4.78, 5) is 20.1. The lowest BCUT2D eigenvalue weighted by Gasteiger charge is -1.99. The zero-order chi connectivity index (χ0) is 13.2. The van der Waals surface area contributed by atoms with E-state index in [1.165, 1.54) is 17.3 Å². The van der Waals surface area contributed by atoms with Gasteiger partial charge >= 0.3 is 6.03 Å². The van der Waals surface area contributed by atoms with E-state index in [1.807, 2.05) is 30.3 Å². The minimum Gasteiger partial charge on any atom is -0.243 e. The molecule has 0 bridgehead atoms. The van der Waals surface area contributed by atoms with Crippen LogP contribution in [0.4, 0.5) is 4.79 Å². The van der Waals surface area contributed by atoms with Crippen molar-refractivity contribution in [2.24, 2.45) is 0 Å². The van der Waals surface area contributed by atoms with Gasteiger partial charge in [-0.25, -0.2) is 14.8 Å². The Morgan fingerprint density at radius 2 is 2.00 bits per heavy atom. The molecule has 0 radical (unpaired) electrons. The molecule has 3 rings (SSSR count). The Balaban J connectivity index is 2.01. The molecular formula is C12H10N6O. The van der Waals surface area contributed by atoms with E-state index in [1.54, 1.807) is 6.92 Å². The van der Waals surface area contributed by atoms with Crippen LogP contribution in [-0.2, 0) is 0 Å². The van der Waals surface area contributed by atoms with Gasteiger partial charge in [-0.1, -0.05) is 30.3 Å². The van der Waals surface area contributed by atoms with Crippen molar-refractivity contribution >= 4 is 6.03 Å². The largest absolute Gasteiger partial charge is 0.372 e. The van der Waals surface area contributed by atoms with Gasteiger partial charge in [0, 0.05) is 5.56 Å². The first kappa shape index (κ1) is 11.3. The van der Waals surface area contributed by atoms with Crippen LogP contribution in [0.25, 0.3) is 11.4 Å². The number of aryl methyl sites for hydroxylation is 1. The SMILES string of the molecule is Cc1nc(-c2ccccc2)nn1C(=O)n1cncn1. The van der Waals surface area contributed by atoms with Crippen LogP contribution in [0, 0.1) is 6.92 Å². The summed E-state index contributed by atoms with van der Waals surface area (Å²) >= 11 is 0. The van der Waals surface area contributed by atoms with Gasteiger partial charge in [0.2, 0.25) is 0 Å². The van der Waals surface area contributed by atoms with Crippen molar-refractivity contribution in [3.05, 3.63) is 48.8 Å². The molecule has 0 aliphatic carbocycles. The molecule has 7 nitrogen and oxygen atoms in total. The van der Waals surface area contributed by atoms with Crippen molar-refractivity contribution in [1.82, 2.24) is 29.5 Å². The second-order valence-corrected chi connectivity index (χ2v) is 3.88. The lowest BCUT2D eigenvalue weighted by atomic mass is 10.2. The Kier molecular flexibility index (Phi) is 2.64. The van der Waals surface area contributed by atoms with Gasteiger partial charge in [0.1, 0.15) is 18.5 Å². The molecule has 0 aliphatic heterocycles. The lowest BCUT2D eigenvalue weighted by molar-refractivity contribution is 0.237. The molecule has 94 valence electrons. The number of nitrogens with zero attached hydrogens (tertiary/aromatic N) is 6. The number of hydrogen-bond donors (Lipinski definition) is 0. The first-order chi connectivity index (χ1) is 9.25. The fourth-order valence-electron chi connectivity index (χ4n) is 1.68. The van der Waals surface area contributed by atoms with E-state index in [-0.39, 0.29) is 0 Å². The van der Waals surface area contributed by atoms with Crippen LogP contribution >= 0.6 is 0 Å². The minimum atomic E-state index is -0.412. The highest BCUT2D eigenvalue weighted by Crippen LogP contribution is 2.14. The summed E-state index contributed by atoms with van der Waals surface area (Å²) < 4.78 is 2.31. The normalized spacial score (nSPS) is 10.6. The molecule has 0 N–H and O–H groups in total. The Labute approximate surface area is 108 Å². The predicted molar refractivity (Wildman–Crippen MR) is 66.4 cm³/mol. The molecule has 0 amide bonds. The minimum absolute atomic E-state index is 0.412. The molecule has 0 saturated carbocycles. The van der Waals surface area contributed by atoms with Gasteiger partial charge in [-0.15, -0.1) is 5.10 Å². The summed E-state index contributed by atoms with van der Waals surface area (Å²) in [6.07, 6.45) is 2.62. The van der Waals surface area contributed by atoms with Crippen molar-refractivity contribution in [3.8, 4) is 11.4 Å². The highest BCUT2D eigenvalue weighted by Gasteiger charge is 2.15. The standard InChI is InChI=1S/C12H10N6O/c1-9-15-11(10-5-3-2-4-6-10)16-18(9)12(19)17-8-13-7-14-17/h2-8H,1H3. The fourth-order valence-corrected chi connectivity index (χ4v) is 1.68. The molecule has 0 atom stereocenters. The maximum absolute atomic E-state index is 12.1. The maximum Gasteiger partial charge on any atom is 0.372 e. The average Bonchev–Trinajstić information content (AvgIpc) is 3.08. The highest BCUT2D eigenvalue weighted by atomic mass is 16.2. The van der Waals surface area contributed by atoms with Gasteiger partial charge in [-0.3, -0.25) is 0 Å². The van der Waals surface area contributed by atoms with Crippen molar-refractivity contribution in [2.75, 3.05) is 0 Å². The van der Waals surface area contributed by atoms with Crippen molar-refractivity contribution in [3.63, 3.8) is 0 Å². The van der Waals surface area contributed by atoms with Crippen LogP contribution < -0.4 is 0 Å². The molecule has 0 saturated heterocycles. The first-order valence-corrected chi connectivity index (χ1v) is 5.64. The third kappa shape index (κ3) is 2.01. The van der Waals surface area contributed by atoms with Gasteiger partial charge in [0.25, 0.3) is 0 Å². The molecule has 0 aliphatic rings. The van der Waals surface area contributed by atoms with Crippen LogP contribution in [0.5, 0.6) is 0 Å². The summed E-state index contributed by atoms with van der Waals surface area (Å²) in [6, 6.07) is 9.06. The van der Waals surface area contributed by atoms with Crippen LogP contribution in [0.2, 0.25) is 0 Å². The second-order valence-electron chi connectivity index (χ2n) is 3.88. The molecule has 2 aromatic heterocycles. The Morgan fingerprint density at radius 1 is 1.21 bits per heavy atom. The van der Waals surface area contributed by atoms with Crippen molar-refractivity contribution in [1.29, 1.82) is 0 Å². The maximum atomic E-state index is 12.1. The van der Waals surface area contributed by atoms with Gasteiger partial charge in [0.15, 0.2) is 5.82 Å². The van der Waals surface area contributed by atoms with Crippen molar-refractivity contribution < 1.29 is 4.79 Å². The predicted octanol–water partition coefficient (Wildman–Crippen LogP) is 1.36. The van der Waals surface area contributed by atoms with E-state index in [0.717, 1.165) is 10.2 Å². The Hall–Kier alpha value is -2.83. The third-order valence-corrected chi connectivity index (χ3v) is 2.60. The molecular weight excluding hydrogens is 244 g/mol. The monoisotopic (exact) mass is 254 g/mol. The highest BCUT2D eigenvalue weighted by molar-refractivity contribution is 5.78. The number of aromatic nitrogens is 6. The van der Waals surface area contributed by atoms with Gasteiger partial charge < -0.3 is 0 Å². The van der Waals surface area contributed by atoms with E-state index in [2.05, 4.69) is 20.2 Å². The third-order valence-electron chi connectivity index (χ3n) is 2.60. The number of hydrogen-bond acceptors (Lipinski definition) is 5. The molecule has 7 heteroatoms. The molecule has 19 heavy (non-hydrogen) atoms. The number of benzene rings is 1. The average molecular weight is 254 g/mol. The van der Waals surface area contributed by atoms with E-state index in [9.17, 15) is 4.79 Å². The second kappa shape index (κ2) is 4.45. The number of carbonyl (C=O) groups excluding carboxylic acids is 1. The zero-order valence-corrected chi connectivity index (χ0v) is 10.1. The number of rotatable bonds is 1. The smallest absolute Gasteiger partial charge is 0.243 e. The van der Waals surface area contributed by atoms with Crippen LogP contribution in [0.15, 0.2) is 43.0 Å². The summed E-state index contributed by atoms with van der Waals surface area (Å²) in [5.41, 5.74) is 0.857. The summed E-state index contributed by atoms with van der Waals surface area (Å²) in [5, 5.41) is 7.99. The first-order valence-electron chi connectivity index (χ1n) is 5.64. The molecule has 0 unspecified atom stereocenters. The fraction of sp³-hybridized carbons (Fsp3) is 0.0833. The summed E-state index contributed by atoms with van der Waals surface area (Å²) in [6.45, 7) is 1.72. The topological polar surface area (TPSA) is 78.5 Å². The molecule has 3 aromatic rings. The van der Waals surface area contributed by atoms with Gasteiger partial charge in [0.05, 0.1) is 0 Å². The van der Waals surface area contributed by atoms with Gasteiger partial charge in [-0.05, 0) is 6.92 Å². The van der Waals surface area contributed by atoms with E-state index < -0.39 is 6.03 Å². The van der Waals surface area contributed by atoms with Crippen LogP contribution in [0.1, 0.15) is 5.82 Å². The van der Waals surface area contributed by atoms with E-state index >= 15 is 0 Å². The molecule has 0 fully saturated rings. The lowest BCUT2D eigenvalue weighted by Crippen LogP contribution is -2.22. The summed E-state index contributed by atoms with van der Waals surface area (Å²) in [5.74, 6) is 1.01.